The van der Waals surface area contributed by atoms with E-state index in [9.17, 15) is 0 Å². The van der Waals surface area contributed by atoms with Crippen LogP contribution in [0.4, 0.5) is 0 Å². The lowest BCUT2D eigenvalue weighted by molar-refractivity contribution is 0.189. The zero-order valence-corrected chi connectivity index (χ0v) is 11.6. The molecule has 1 aromatic heterocycles. The average molecular weight is 281 g/mol. The molecule has 1 heterocycles. The van der Waals surface area contributed by atoms with Crippen LogP contribution in [0, 0.1) is 0 Å². The van der Waals surface area contributed by atoms with Gasteiger partial charge in [-0.25, -0.2) is 0 Å². The van der Waals surface area contributed by atoms with E-state index in [0.717, 1.165) is 18.5 Å². The maximum absolute atomic E-state index is 6.20. The molecule has 5 heteroatoms. The normalized spacial score (nSPS) is 10.6. The Kier molecular flexibility index (Phi) is 5.24. The Morgan fingerprint density at radius 2 is 2.05 bits per heavy atom. The summed E-state index contributed by atoms with van der Waals surface area (Å²) < 4.78 is 12.4. The summed E-state index contributed by atoms with van der Waals surface area (Å²) in [6.45, 7) is 1.90. The van der Waals surface area contributed by atoms with Crippen LogP contribution in [0.3, 0.4) is 0 Å². The topological polar surface area (TPSA) is 36.3 Å². The van der Waals surface area contributed by atoms with Crippen LogP contribution in [0.5, 0.6) is 5.75 Å². The number of ether oxygens (including phenoxy) is 2. The molecule has 102 valence electrons. The second-order valence-corrected chi connectivity index (χ2v) is 4.50. The Morgan fingerprint density at radius 3 is 2.79 bits per heavy atom. The molecule has 0 saturated heterocycles. The van der Waals surface area contributed by atoms with E-state index in [2.05, 4.69) is 5.10 Å². The Balaban J connectivity index is 1.90. The number of halogens is 1. The van der Waals surface area contributed by atoms with Crippen LogP contribution >= 0.6 is 11.6 Å². The van der Waals surface area contributed by atoms with E-state index in [1.165, 1.54) is 0 Å². The zero-order valence-electron chi connectivity index (χ0n) is 10.9. The molecule has 0 saturated carbocycles. The Bertz CT molecular complexity index is 499. The number of hydrogen-bond acceptors (Lipinski definition) is 3. The monoisotopic (exact) mass is 280 g/mol. The fraction of sp³-hybridized carbons (Fsp3) is 0.357. The number of aryl methyl sites for hydroxylation is 1. The van der Waals surface area contributed by atoms with Gasteiger partial charge in [0.15, 0.2) is 10.9 Å². The number of aromatic nitrogens is 2. The van der Waals surface area contributed by atoms with Crippen molar-refractivity contribution in [1.82, 2.24) is 9.78 Å². The van der Waals surface area contributed by atoms with Crippen molar-refractivity contribution in [3.05, 3.63) is 47.2 Å². The molecule has 0 spiro atoms. The molecule has 0 unspecified atom stereocenters. The van der Waals surface area contributed by atoms with Gasteiger partial charge in [-0.3, -0.25) is 4.68 Å². The first-order valence-electron chi connectivity index (χ1n) is 6.18. The van der Waals surface area contributed by atoms with Crippen LogP contribution in [0.25, 0.3) is 0 Å². The number of benzene rings is 1. The van der Waals surface area contributed by atoms with E-state index in [1.54, 1.807) is 18.0 Å². The highest BCUT2D eigenvalue weighted by Crippen LogP contribution is 2.24. The first-order valence-corrected chi connectivity index (χ1v) is 6.56. The molecule has 2 rings (SSSR count). The van der Waals surface area contributed by atoms with E-state index in [0.29, 0.717) is 24.1 Å². The minimum absolute atomic E-state index is 0.490. The van der Waals surface area contributed by atoms with Crippen molar-refractivity contribution in [2.24, 2.45) is 0 Å². The SMILES string of the molecule is COCCCn1ncc(OCc2ccccc2)c1Cl. The third-order valence-electron chi connectivity index (χ3n) is 2.70. The Morgan fingerprint density at radius 1 is 1.26 bits per heavy atom. The molecule has 2 aromatic rings. The largest absolute Gasteiger partial charge is 0.484 e. The summed E-state index contributed by atoms with van der Waals surface area (Å²) in [4.78, 5) is 0. The second kappa shape index (κ2) is 7.16. The summed E-state index contributed by atoms with van der Waals surface area (Å²) in [5, 5.41) is 4.74. The van der Waals surface area contributed by atoms with Crippen LogP contribution in [-0.2, 0) is 17.9 Å². The maximum atomic E-state index is 6.20. The van der Waals surface area contributed by atoms with E-state index in [4.69, 9.17) is 21.1 Å². The van der Waals surface area contributed by atoms with Crippen molar-refractivity contribution in [3.63, 3.8) is 0 Å². The molecular formula is C14H17ClN2O2. The molecule has 0 radical (unpaired) electrons. The van der Waals surface area contributed by atoms with Crippen molar-refractivity contribution < 1.29 is 9.47 Å². The lowest BCUT2D eigenvalue weighted by Crippen LogP contribution is -2.03. The summed E-state index contributed by atoms with van der Waals surface area (Å²) in [6.07, 6.45) is 2.52. The number of hydrogen-bond donors (Lipinski definition) is 0. The van der Waals surface area contributed by atoms with Gasteiger partial charge >= 0.3 is 0 Å². The van der Waals surface area contributed by atoms with Crippen LogP contribution in [0.2, 0.25) is 5.15 Å². The first kappa shape index (κ1) is 13.9. The van der Waals surface area contributed by atoms with Gasteiger partial charge in [-0.1, -0.05) is 41.9 Å². The number of methoxy groups -OCH3 is 1. The fourth-order valence-electron chi connectivity index (χ4n) is 1.70. The minimum Gasteiger partial charge on any atom is -0.484 e. The third-order valence-corrected chi connectivity index (χ3v) is 3.08. The molecule has 0 atom stereocenters. The zero-order chi connectivity index (χ0) is 13.5. The number of nitrogens with zero attached hydrogens (tertiary/aromatic N) is 2. The van der Waals surface area contributed by atoms with E-state index in [-0.39, 0.29) is 0 Å². The first-order chi connectivity index (χ1) is 9.31. The van der Waals surface area contributed by atoms with Crippen LogP contribution in [0.1, 0.15) is 12.0 Å². The average Bonchev–Trinajstić information content (AvgIpc) is 2.79. The molecule has 0 fully saturated rings. The second-order valence-electron chi connectivity index (χ2n) is 4.14. The van der Waals surface area contributed by atoms with Crippen molar-refractivity contribution in [2.75, 3.05) is 13.7 Å². The highest BCUT2D eigenvalue weighted by Gasteiger charge is 2.09. The summed E-state index contributed by atoms with van der Waals surface area (Å²) in [5.41, 5.74) is 1.10. The van der Waals surface area contributed by atoms with Crippen molar-refractivity contribution in [1.29, 1.82) is 0 Å². The van der Waals surface area contributed by atoms with Crippen molar-refractivity contribution in [2.45, 2.75) is 19.6 Å². The van der Waals surface area contributed by atoms with Crippen molar-refractivity contribution >= 4 is 11.6 Å². The highest BCUT2D eigenvalue weighted by molar-refractivity contribution is 6.31. The van der Waals surface area contributed by atoms with Crippen LogP contribution < -0.4 is 4.74 Å². The Labute approximate surface area is 117 Å². The van der Waals surface area contributed by atoms with Gasteiger partial charge in [0.1, 0.15) is 6.61 Å². The molecule has 4 nitrogen and oxygen atoms in total. The van der Waals surface area contributed by atoms with Gasteiger partial charge in [0, 0.05) is 20.3 Å². The lowest BCUT2D eigenvalue weighted by atomic mass is 10.2. The van der Waals surface area contributed by atoms with Gasteiger partial charge < -0.3 is 9.47 Å². The minimum atomic E-state index is 0.490. The molecule has 0 aliphatic carbocycles. The van der Waals surface area contributed by atoms with Gasteiger partial charge in [-0.05, 0) is 12.0 Å². The van der Waals surface area contributed by atoms with E-state index >= 15 is 0 Å². The smallest absolute Gasteiger partial charge is 0.176 e. The fourth-order valence-corrected chi connectivity index (χ4v) is 1.93. The summed E-state index contributed by atoms with van der Waals surface area (Å²) in [5.74, 6) is 0.614. The maximum Gasteiger partial charge on any atom is 0.176 e. The molecule has 0 amide bonds. The lowest BCUT2D eigenvalue weighted by Gasteiger charge is -2.05. The van der Waals surface area contributed by atoms with E-state index < -0.39 is 0 Å². The van der Waals surface area contributed by atoms with Crippen LogP contribution in [-0.4, -0.2) is 23.5 Å². The van der Waals surface area contributed by atoms with Gasteiger partial charge in [0.2, 0.25) is 0 Å². The summed E-state index contributed by atoms with van der Waals surface area (Å²) in [7, 11) is 1.68. The Hall–Kier alpha value is -1.52. The molecule has 0 aliphatic rings. The van der Waals surface area contributed by atoms with Crippen LogP contribution in [0.15, 0.2) is 36.5 Å². The highest BCUT2D eigenvalue weighted by atomic mass is 35.5. The van der Waals surface area contributed by atoms with Crippen molar-refractivity contribution in [3.8, 4) is 5.75 Å². The predicted molar refractivity (Wildman–Crippen MR) is 74.5 cm³/mol. The summed E-state index contributed by atoms with van der Waals surface area (Å²) >= 11 is 6.20. The molecular weight excluding hydrogens is 264 g/mol. The van der Waals surface area contributed by atoms with Gasteiger partial charge in [-0.15, -0.1) is 0 Å². The van der Waals surface area contributed by atoms with Gasteiger partial charge in [0.05, 0.1) is 6.20 Å². The standard InChI is InChI=1S/C14H17ClN2O2/c1-18-9-5-8-17-14(15)13(10-16-17)19-11-12-6-3-2-4-7-12/h2-4,6-7,10H,5,8-9,11H2,1H3. The van der Waals surface area contributed by atoms with E-state index in [1.807, 2.05) is 30.3 Å². The quantitative estimate of drug-likeness (QED) is 0.731. The van der Waals surface area contributed by atoms with Gasteiger partial charge in [0.25, 0.3) is 0 Å². The molecule has 0 N–H and O–H groups in total. The summed E-state index contributed by atoms with van der Waals surface area (Å²) in [6, 6.07) is 9.96. The number of rotatable bonds is 7. The molecule has 0 bridgehead atoms. The van der Waals surface area contributed by atoms with Gasteiger partial charge in [-0.2, -0.15) is 5.10 Å². The third kappa shape index (κ3) is 3.98. The predicted octanol–water partition coefficient (Wildman–Crippen LogP) is 3.15. The molecule has 0 aliphatic heterocycles. The molecule has 1 aromatic carbocycles. The molecule has 19 heavy (non-hydrogen) atoms.